The Hall–Kier alpha value is 0.230. The monoisotopic (exact) mass is 300 g/mol. The van der Waals surface area contributed by atoms with E-state index in [9.17, 15) is 0 Å². The van der Waals surface area contributed by atoms with E-state index in [0.717, 1.165) is 12.5 Å². The van der Waals surface area contributed by atoms with Crippen LogP contribution >= 0.6 is 11.8 Å². The lowest BCUT2D eigenvalue weighted by Crippen LogP contribution is -2.61. The maximum Gasteiger partial charge on any atom is 0.0783 e. The summed E-state index contributed by atoms with van der Waals surface area (Å²) in [6.07, 6.45) is 4.84. The fourth-order valence-corrected chi connectivity index (χ4v) is 5.46. The average molecular weight is 301 g/mol. The van der Waals surface area contributed by atoms with Crippen LogP contribution in [0.15, 0.2) is 0 Å². The van der Waals surface area contributed by atoms with Crippen molar-refractivity contribution in [3.63, 3.8) is 0 Å². The van der Waals surface area contributed by atoms with Gasteiger partial charge in [0.05, 0.1) is 5.60 Å². The van der Waals surface area contributed by atoms with Crippen molar-refractivity contribution in [2.24, 2.45) is 5.92 Å². The number of nitrogens with zero attached hydrogens (tertiary/aromatic N) is 1. The molecular formula is C16H32N2OS. The Labute approximate surface area is 129 Å². The molecule has 2 aliphatic heterocycles. The quantitative estimate of drug-likeness (QED) is 0.843. The molecular weight excluding hydrogens is 268 g/mol. The number of likely N-dealkylation sites (N-methyl/N-ethyl adjacent to an activating group) is 2. The molecule has 4 unspecified atom stereocenters. The Morgan fingerprint density at radius 1 is 1.50 bits per heavy atom. The van der Waals surface area contributed by atoms with Crippen molar-refractivity contribution >= 4 is 11.8 Å². The largest absolute Gasteiger partial charge is 0.374 e. The Balaban J connectivity index is 2.14. The third-order valence-electron chi connectivity index (χ3n) is 5.79. The minimum Gasteiger partial charge on any atom is -0.374 e. The zero-order valence-electron chi connectivity index (χ0n) is 13.9. The first kappa shape index (κ1) is 16.6. The van der Waals surface area contributed by atoms with Crippen molar-refractivity contribution < 1.29 is 4.74 Å². The van der Waals surface area contributed by atoms with Gasteiger partial charge >= 0.3 is 0 Å². The first-order valence-corrected chi connectivity index (χ1v) is 9.19. The van der Waals surface area contributed by atoms with Crippen LogP contribution in [0.5, 0.6) is 0 Å². The van der Waals surface area contributed by atoms with Crippen LogP contribution < -0.4 is 5.32 Å². The van der Waals surface area contributed by atoms with Gasteiger partial charge in [-0.05, 0) is 65.4 Å². The van der Waals surface area contributed by atoms with E-state index in [1.807, 2.05) is 0 Å². The molecule has 4 heteroatoms. The summed E-state index contributed by atoms with van der Waals surface area (Å²) in [5.41, 5.74) is 0.396. The minimum absolute atomic E-state index is 0.184. The van der Waals surface area contributed by atoms with Crippen LogP contribution in [0.2, 0.25) is 0 Å². The molecule has 2 saturated heterocycles. The number of ether oxygens (including phenoxy) is 1. The molecule has 2 fully saturated rings. The van der Waals surface area contributed by atoms with E-state index in [1.54, 1.807) is 0 Å². The zero-order valence-corrected chi connectivity index (χ0v) is 14.7. The van der Waals surface area contributed by atoms with Crippen molar-refractivity contribution in [1.29, 1.82) is 0 Å². The Kier molecular flexibility index (Phi) is 5.44. The van der Waals surface area contributed by atoms with E-state index in [4.69, 9.17) is 4.74 Å². The molecule has 20 heavy (non-hydrogen) atoms. The molecule has 0 aromatic rings. The van der Waals surface area contributed by atoms with Gasteiger partial charge in [-0.3, -0.25) is 0 Å². The highest BCUT2D eigenvalue weighted by molar-refractivity contribution is 7.99. The molecule has 0 saturated carbocycles. The lowest BCUT2D eigenvalue weighted by atomic mass is 9.73. The highest BCUT2D eigenvalue weighted by atomic mass is 32.2. The summed E-state index contributed by atoms with van der Waals surface area (Å²) in [7, 11) is 6.57. The van der Waals surface area contributed by atoms with Crippen molar-refractivity contribution in [2.45, 2.75) is 56.7 Å². The third-order valence-corrected chi connectivity index (χ3v) is 7.01. The average Bonchev–Trinajstić information content (AvgIpc) is 2.87. The van der Waals surface area contributed by atoms with Crippen LogP contribution in [-0.2, 0) is 4.74 Å². The molecule has 1 N–H and O–H groups in total. The molecule has 2 aliphatic rings. The standard InChI is InChI=1S/C16H32N2OS/c1-6-15(2,18(4)5)14(17-3)13-7-9-19-16(11-13)8-10-20-12-16/h13-14,17H,6-12H2,1-5H3. The van der Waals surface area contributed by atoms with Gasteiger partial charge in [0.1, 0.15) is 0 Å². The lowest BCUT2D eigenvalue weighted by Gasteiger charge is -2.49. The zero-order chi connectivity index (χ0) is 14.8. The number of thioether (sulfide) groups is 1. The third kappa shape index (κ3) is 3.03. The van der Waals surface area contributed by atoms with Crippen molar-refractivity contribution in [2.75, 3.05) is 39.3 Å². The molecule has 3 nitrogen and oxygen atoms in total. The normalized spacial score (nSPS) is 35.4. The first-order chi connectivity index (χ1) is 9.47. The summed E-state index contributed by atoms with van der Waals surface area (Å²) in [6.45, 7) is 5.65. The van der Waals surface area contributed by atoms with Gasteiger partial charge in [-0.25, -0.2) is 0 Å². The summed E-state index contributed by atoms with van der Waals surface area (Å²) in [6, 6.07) is 0.536. The maximum absolute atomic E-state index is 6.20. The fourth-order valence-electron chi connectivity index (χ4n) is 4.08. The van der Waals surface area contributed by atoms with Gasteiger partial charge in [0, 0.05) is 23.9 Å². The summed E-state index contributed by atoms with van der Waals surface area (Å²) < 4.78 is 6.20. The predicted octanol–water partition coefficient (Wildman–Crippen LogP) is 2.61. The second kappa shape index (κ2) is 6.55. The van der Waals surface area contributed by atoms with Crippen LogP contribution in [0, 0.1) is 5.92 Å². The summed E-state index contributed by atoms with van der Waals surface area (Å²) in [5, 5.41) is 3.65. The molecule has 118 valence electrons. The van der Waals surface area contributed by atoms with Gasteiger partial charge in [-0.15, -0.1) is 0 Å². The fraction of sp³-hybridized carbons (Fsp3) is 1.00. The molecule has 0 aromatic heterocycles. The van der Waals surface area contributed by atoms with E-state index < -0.39 is 0 Å². The Morgan fingerprint density at radius 3 is 2.75 bits per heavy atom. The maximum atomic E-state index is 6.20. The number of hydrogen-bond donors (Lipinski definition) is 1. The van der Waals surface area contributed by atoms with E-state index in [2.05, 4.69) is 57.0 Å². The second-order valence-electron chi connectivity index (χ2n) is 6.96. The molecule has 0 amide bonds. The van der Waals surface area contributed by atoms with Crippen LogP contribution in [-0.4, -0.2) is 61.3 Å². The highest BCUT2D eigenvalue weighted by Crippen LogP contribution is 2.43. The summed E-state index contributed by atoms with van der Waals surface area (Å²) in [5.74, 6) is 3.19. The predicted molar refractivity (Wildman–Crippen MR) is 88.6 cm³/mol. The molecule has 1 spiro atoms. The second-order valence-corrected chi connectivity index (χ2v) is 8.06. The van der Waals surface area contributed by atoms with Gasteiger partial charge in [-0.2, -0.15) is 11.8 Å². The van der Waals surface area contributed by atoms with Crippen LogP contribution in [0.3, 0.4) is 0 Å². The van der Waals surface area contributed by atoms with Crippen LogP contribution in [0.25, 0.3) is 0 Å². The smallest absolute Gasteiger partial charge is 0.0783 e. The van der Waals surface area contributed by atoms with Crippen molar-refractivity contribution in [1.82, 2.24) is 10.2 Å². The van der Waals surface area contributed by atoms with Gasteiger partial charge in [0.25, 0.3) is 0 Å². The van der Waals surface area contributed by atoms with Crippen LogP contribution in [0.1, 0.15) is 39.5 Å². The number of rotatable bonds is 5. The molecule has 4 atom stereocenters. The summed E-state index contributed by atoms with van der Waals surface area (Å²) in [4.78, 5) is 2.40. The number of hydrogen-bond acceptors (Lipinski definition) is 4. The Morgan fingerprint density at radius 2 is 2.25 bits per heavy atom. The van der Waals surface area contributed by atoms with Crippen molar-refractivity contribution in [3.05, 3.63) is 0 Å². The van der Waals surface area contributed by atoms with E-state index >= 15 is 0 Å². The van der Waals surface area contributed by atoms with E-state index in [0.29, 0.717) is 6.04 Å². The molecule has 2 rings (SSSR count). The highest BCUT2D eigenvalue weighted by Gasteiger charge is 2.46. The lowest BCUT2D eigenvalue weighted by molar-refractivity contribution is -0.0944. The first-order valence-electron chi connectivity index (χ1n) is 8.04. The molecule has 0 bridgehead atoms. The Bertz CT molecular complexity index is 318. The van der Waals surface area contributed by atoms with E-state index in [-0.39, 0.29) is 11.1 Å². The molecule has 0 aromatic carbocycles. The van der Waals surface area contributed by atoms with Crippen molar-refractivity contribution in [3.8, 4) is 0 Å². The van der Waals surface area contributed by atoms with E-state index in [1.165, 1.54) is 37.2 Å². The summed E-state index contributed by atoms with van der Waals surface area (Å²) >= 11 is 2.06. The van der Waals surface area contributed by atoms with Gasteiger partial charge < -0.3 is 15.0 Å². The topological polar surface area (TPSA) is 24.5 Å². The SMILES string of the molecule is CCC(C)(C(NC)C1CCOC2(CCSC2)C1)N(C)C. The van der Waals surface area contributed by atoms with Gasteiger partial charge in [0.15, 0.2) is 0 Å². The molecule has 2 heterocycles. The minimum atomic E-state index is 0.184. The van der Waals surface area contributed by atoms with Crippen LogP contribution in [0.4, 0.5) is 0 Å². The van der Waals surface area contributed by atoms with Gasteiger partial charge in [0.2, 0.25) is 0 Å². The molecule has 0 radical (unpaired) electrons. The number of nitrogens with one attached hydrogen (secondary N) is 1. The molecule has 0 aliphatic carbocycles. The van der Waals surface area contributed by atoms with Gasteiger partial charge in [-0.1, -0.05) is 6.92 Å².